The fraction of sp³-hybridized carbons (Fsp3) is 0.533. The summed E-state index contributed by atoms with van der Waals surface area (Å²) in [6, 6.07) is 13.1. The lowest BCUT2D eigenvalue weighted by Gasteiger charge is -2.40. The molecule has 3 atom stereocenters. The number of aliphatic hydroxyl groups is 1. The lowest BCUT2D eigenvalue weighted by Crippen LogP contribution is -2.45. The van der Waals surface area contributed by atoms with Crippen LogP contribution in [-0.2, 0) is 0 Å². The summed E-state index contributed by atoms with van der Waals surface area (Å²) in [7, 11) is 0. The monoisotopic (exact) mass is 244 g/mol. The molecule has 0 spiro atoms. The quantitative estimate of drug-likeness (QED) is 0.888. The number of benzene rings is 1. The van der Waals surface area contributed by atoms with Gasteiger partial charge in [-0.1, -0.05) is 30.3 Å². The van der Waals surface area contributed by atoms with Crippen LogP contribution in [0.5, 0.6) is 0 Å². The number of hydrogen-bond acceptors (Lipinski definition) is 3. The van der Waals surface area contributed by atoms with Gasteiger partial charge in [-0.05, 0) is 25.3 Å². The molecule has 1 aromatic rings. The van der Waals surface area contributed by atoms with Crippen molar-refractivity contribution in [2.75, 3.05) is 6.54 Å². The van der Waals surface area contributed by atoms with E-state index in [1.807, 2.05) is 18.2 Å². The Morgan fingerprint density at radius 2 is 2.17 bits per heavy atom. The number of nitrogens with zero attached hydrogens (tertiary/aromatic N) is 2. The van der Waals surface area contributed by atoms with Crippen LogP contribution in [0.2, 0.25) is 0 Å². The van der Waals surface area contributed by atoms with E-state index >= 15 is 0 Å². The van der Waals surface area contributed by atoms with Crippen molar-refractivity contribution < 1.29 is 5.11 Å². The molecule has 0 amide bonds. The van der Waals surface area contributed by atoms with Crippen molar-refractivity contribution in [2.24, 2.45) is 0 Å². The van der Waals surface area contributed by atoms with Gasteiger partial charge in [-0.15, -0.1) is 0 Å². The van der Waals surface area contributed by atoms with Gasteiger partial charge < -0.3 is 5.11 Å². The maximum absolute atomic E-state index is 9.74. The molecule has 0 saturated carbocycles. The van der Waals surface area contributed by atoms with Gasteiger partial charge in [0, 0.05) is 18.6 Å². The summed E-state index contributed by atoms with van der Waals surface area (Å²) in [6.07, 6.45) is 1.76. The zero-order valence-corrected chi connectivity index (χ0v) is 10.8. The van der Waals surface area contributed by atoms with Crippen molar-refractivity contribution in [2.45, 2.75) is 44.4 Å². The lowest BCUT2D eigenvalue weighted by molar-refractivity contribution is 0.0222. The molecular formula is C15H20N2O. The summed E-state index contributed by atoms with van der Waals surface area (Å²) in [5.74, 6) is 0. The van der Waals surface area contributed by atoms with Crippen LogP contribution in [-0.4, -0.2) is 28.7 Å². The fourth-order valence-electron chi connectivity index (χ4n) is 2.79. The predicted octanol–water partition coefficient (Wildman–Crippen LogP) is 2.49. The highest BCUT2D eigenvalue weighted by molar-refractivity contribution is 5.18. The minimum atomic E-state index is -0.248. The normalized spacial score (nSPS) is 26.5. The first-order chi connectivity index (χ1) is 8.72. The number of nitriles is 1. The van der Waals surface area contributed by atoms with Crippen LogP contribution in [0.3, 0.4) is 0 Å². The third-order valence-electron chi connectivity index (χ3n) is 3.84. The Hall–Kier alpha value is -1.37. The standard InChI is InChI=1S/C15H20N2O/c1-12(13-5-3-2-4-6-13)17-10-8-15(18)11-14(17)7-9-16/h2-6,12,14-15,18H,7-8,10-11H2,1H3/t12-,14-,15?/m1/s1. The predicted molar refractivity (Wildman–Crippen MR) is 70.8 cm³/mol. The molecule has 1 saturated heterocycles. The Morgan fingerprint density at radius 1 is 1.44 bits per heavy atom. The summed E-state index contributed by atoms with van der Waals surface area (Å²) in [6.45, 7) is 3.04. The zero-order chi connectivity index (χ0) is 13.0. The number of rotatable bonds is 3. The maximum Gasteiger partial charge on any atom is 0.0638 e. The van der Waals surface area contributed by atoms with Gasteiger partial charge in [0.05, 0.1) is 18.6 Å². The molecular weight excluding hydrogens is 224 g/mol. The minimum Gasteiger partial charge on any atom is -0.393 e. The highest BCUT2D eigenvalue weighted by atomic mass is 16.3. The largest absolute Gasteiger partial charge is 0.393 e. The second kappa shape index (κ2) is 5.99. The second-order valence-electron chi connectivity index (χ2n) is 5.02. The van der Waals surface area contributed by atoms with E-state index < -0.39 is 0 Å². The maximum atomic E-state index is 9.74. The summed E-state index contributed by atoms with van der Waals surface area (Å²) < 4.78 is 0. The van der Waals surface area contributed by atoms with Crippen molar-refractivity contribution in [1.82, 2.24) is 4.90 Å². The fourth-order valence-corrected chi connectivity index (χ4v) is 2.79. The van der Waals surface area contributed by atoms with E-state index in [1.165, 1.54) is 5.56 Å². The molecule has 1 aromatic carbocycles. The molecule has 1 aliphatic rings. The van der Waals surface area contributed by atoms with Gasteiger partial charge in [0.2, 0.25) is 0 Å². The molecule has 0 aliphatic carbocycles. The molecule has 0 aromatic heterocycles. The van der Waals surface area contributed by atoms with Crippen molar-refractivity contribution in [3.8, 4) is 6.07 Å². The van der Waals surface area contributed by atoms with Crippen molar-refractivity contribution in [3.63, 3.8) is 0 Å². The van der Waals surface area contributed by atoms with E-state index in [-0.39, 0.29) is 12.1 Å². The van der Waals surface area contributed by atoms with Gasteiger partial charge >= 0.3 is 0 Å². The van der Waals surface area contributed by atoms with E-state index in [2.05, 4.69) is 30.0 Å². The van der Waals surface area contributed by atoms with E-state index in [0.717, 1.165) is 13.0 Å². The average Bonchev–Trinajstić information content (AvgIpc) is 2.40. The number of likely N-dealkylation sites (tertiary alicyclic amines) is 1. The third kappa shape index (κ3) is 2.90. The van der Waals surface area contributed by atoms with Crippen molar-refractivity contribution >= 4 is 0 Å². The summed E-state index contributed by atoms with van der Waals surface area (Å²) in [5, 5.41) is 18.7. The van der Waals surface area contributed by atoms with E-state index in [9.17, 15) is 5.11 Å². The summed E-state index contributed by atoms with van der Waals surface area (Å²) >= 11 is 0. The summed E-state index contributed by atoms with van der Waals surface area (Å²) in [5.41, 5.74) is 1.27. The molecule has 1 fully saturated rings. The zero-order valence-electron chi connectivity index (χ0n) is 10.8. The van der Waals surface area contributed by atoms with E-state index in [4.69, 9.17) is 5.26 Å². The van der Waals surface area contributed by atoms with Gasteiger partial charge in [-0.3, -0.25) is 4.90 Å². The summed E-state index contributed by atoms with van der Waals surface area (Å²) in [4.78, 5) is 2.35. The number of aliphatic hydroxyl groups excluding tert-OH is 1. The van der Waals surface area contributed by atoms with E-state index in [1.54, 1.807) is 0 Å². The lowest BCUT2D eigenvalue weighted by atomic mass is 9.94. The van der Waals surface area contributed by atoms with Gasteiger partial charge in [0.25, 0.3) is 0 Å². The first-order valence-corrected chi connectivity index (χ1v) is 6.58. The van der Waals surface area contributed by atoms with Crippen LogP contribution in [0.25, 0.3) is 0 Å². The molecule has 1 heterocycles. The topological polar surface area (TPSA) is 47.3 Å². The molecule has 18 heavy (non-hydrogen) atoms. The minimum absolute atomic E-state index is 0.175. The van der Waals surface area contributed by atoms with Crippen LogP contribution in [0, 0.1) is 11.3 Å². The van der Waals surface area contributed by atoms with Gasteiger partial charge in [0.1, 0.15) is 0 Å². The second-order valence-corrected chi connectivity index (χ2v) is 5.02. The third-order valence-corrected chi connectivity index (χ3v) is 3.84. The molecule has 0 bridgehead atoms. The molecule has 1 unspecified atom stereocenters. The molecule has 96 valence electrons. The SMILES string of the molecule is C[C@H](c1ccccc1)N1CCC(O)C[C@H]1CC#N. The van der Waals surface area contributed by atoms with Crippen LogP contribution < -0.4 is 0 Å². The smallest absolute Gasteiger partial charge is 0.0638 e. The van der Waals surface area contributed by atoms with Crippen molar-refractivity contribution in [3.05, 3.63) is 35.9 Å². The number of hydrogen-bond donors (Lipinski definition) is 1. The Kier molecular flexibility index (Phi) is 4.35. The first kappa shape index (κ1) is 13.1. The number of piperidine rings is 1. The average molecular weight is 244 g/mol. The molecule has 1 aliphatic heterocycles. The van der Waals surface area contributed by atoms with Gasteiger partial charge in [-0.25, -0.2) is 0 Å². The van der Waals surface area contributed by atoms with Gasteiger partial charge in [0.15, 0.2) is 0 Å². The highest BCUT2D eigenvalue weighted by Gasteiger charge is 2.30. The first-order valence-electron chi connectivity index (χ1n) is 6.58. The Balaban J connectivity index is 2.12. The Morgan fingerprint density at radius 3 is 2.83 bits per heavy atom. The Labute approximate surface area is 109 Å². The highest BCUT2D eigenvalue weighted by Crippen LogP contribution is 2.29. The van der Waals surface area contributed by atoms with E-state index in [0.29, 0.717) is 18.9 Å². The van der Waals surface area contributed by atoms with Crippen LogP contribution in [0.15, 0.2) is 30.3 Å². The Bertz CT molecular complexity index is 412. The molecule has 3 heteroatoms. The molecule has 2 rings (SSSR count). The molecule has 0 radical (unpaired) electrons. The molecule has 1 N–H and O–H groups in total. The van der Waals surface area contributed by atoms with Gasteiger partial charge in [-0.2, -0.15) is 5.26 Å². The van der Waals surface area contributed by atoms with Crippen LogP contribution >= 0.6 is 0 Å². The van der Waals surface area contributed by atoms with Crippen LogP contribution in [0.4, 0.5) is 0 Å². The molecule has 3 nitrogen and oxygen atoms in total. The van der Waals surface area contributed by atoms with Crippen LogP contribution in [0.1, 0.15) is 37.8 Å². The van der Waals surface area contributed by atoms with Crippen molar-refractivity contribution in [1.29, 1.82) is 5.26 Å².